The summed E-state index contributed by atoms with van der Waals surface area (Å²) in [5.41, 5.74) is 6.84. The van der Waals surface area contributed by atoms with E-state index in [1.54, 1.807) is 6.92 Å². The number of morpholine rings is 1. The molecule has 5 nitrogen and oxygen atoms in total. The maximum Gasteiger partial charge on any atom is 0.416 e. The van der Waals surface area contributed by atoms with Crippen molar-refractivity contribution in [1.82, 2.24) is 9.97 Å². The quantitative estimate of drug-likeness (QED) is 0.912. The first-order chi connectivity index (χ1) is 11.4. The molecular weight excluding hydrogens is 321 g/mol. The van der Waals surface area contributed by atoms with Gasteiger partial charge in [0.15, 0.2) is 5.82 Å². The van der Waals surface area contributed by atoms with Crippen LogP contribution in [-0.4, -0.2) is 36.3 Å². The van der Waals surface area contributed by atoms with Gasteiger partial charge in [0.25, 0.3) is 0 Å². The Morgan fingerprint density at radius 2 is 1.71 bits per heavy atom. The maximum atomic E-state index is 12.7. The third kappa shape index (κ3) is 3.28. The fourth-order valence-electron chi connectivity index (χ4n) is 2.62. The Kier molecular flexibility index (Phi) is 4.31. The average Bonchev–Trinajstić information content (AvgIpc) is 2.57. The van der Waals surface area contributed by atoms with Crippen molar-refractivity contribution in [2.24, 2.45) is 0 Å². The van der Waals surface area contributed by atoms with Gasteiger partial charge >= 0.3 is 6.18 Å². The molecule has 1 aliphatic heterocycles. The second kappa shape index (κ2) is 6.27. The minimum absolute atomic E-state index is 0.363. The highest BCUT2D eigenvalue weighted by molar-refractivity contribution is 5.81. The summed E-state index contributed by atoms with van der Waals surface area (Å²) in [6, 6.07) is 4.81. The molecule has 3 rings (SSSR count). The van der Waals surface area contributed by atoms with E-state index in [0.717, 1.165) is 12.1 Å². The Balaban J connectivity index is 2.00. The van der Waals surface area contributed by atoms with Crippen LogP contribution in [0.5, 0.6) is 0 Å². The third-order valence-electron chi connectivity index (χ3n) is 3.83. The summed E-state index contributed by atoms with van der Waals surface area (Å²) < 4.78 is 43.4. The number of nitrogens with zero attached hydrogens (tertiary/aromatic N) is 3. The number of nitrogens with two attached hydrogens (primary N) is 1. The number of hydrogen-bond acceptors (Lipinski definition) is 5. The van der Waals surface area contributed by atoms with Crippen LogP contribution in [0.4, 0.5) is 24.7 Å². The number of rotatable bonds is 2. The van der Waals surface area contributed by atoms with Gasteiger partial charge in [-0.05, 0) is 19.1 Å². The lowest BCUT2D eigenvalue weighted by Crippen LogP contribution is -2.37. The number of anilines is 2. The van der Waals surface area contributed by atoms with Crippen LogP contribution in [0.25, 0.3) is 11.3 Å². The number of benzene rings is 1. The van der Waals surface area contributed by atoms with Gasteiger partial charge < -0.3 is 15.4 Å². The van der Waals surface area contributed by atoms with E-state index in [1.165, 1.54) is 12.1 Å². The van der Waals surface area contributed by atoms with Gasteiger partial charge in [0, 0.05) is 18.7 Å². The van der Waals surface area contributed by atoms with Crippen LogP contribution in [-0.2, 0) is 10.9 Å². The van der Waals surface area contributed by atoms with Crippen molar-refractivity contribution in [2.75, 3.05) is 36.9 Å². The number of alkyl halides is 3. The molecule has 24 heavy (non-hydrogen) atoms. The van der Waals surface area contributed by atoms with Crippen LogP contribution >= 0.6 is 0 Å². The number of nitrogen functional groups attached to an aromatic ring is 1. The highest BCUT2D eigenvalue weighted by Crippen LogP contribution is 2.34. The second-order valence-corrected chi connectivity index (χ2v) is 5.53. The van der Waals surface area contributed by atoms with Gasteiger partial charge in [-0.15, -0.1) is 0 Å². The van der Waals surface area contributed by atoms with E-state index in [0.29, 0.717) is 54.9 Å². The van der Waals surface area contributed by atoms with Gasteiger partial charge in [-0.25, -0.2) is 9.97 Å². The number of hydrogen-bond donors (Lipinski definition) is 1. The van der Waals surface area contributed by atoms with Crippen LogP contribution in [0.3, 0.4) is 0 Å². The Labute approximate surface area is 137 Å². The molecule has 1 aromatic heterocycles. The Morgan fingerprint density at radius 3 is 2.29 bits per heavy atom. The largest absolute Gasteiger partial charge is 0.416 e. The molecule has 0 radical (unpaired) electrons. The van der Waals surface area contributed by atoms with E-state index in [4.69, 9.17) is 10.5 Å². The molecule has 2 heterocycles. The van der Waals surface area contributed by atoms with Crippen molar-refractivity contribution in [3.8, 4) is 11.3 Å². The first-order valence-electron chi connectivity index (χ1n) is 7.50. The molecule has 1 aliphatic rings. The fourth-order valence-corrected chi connectivity index (χ4v) is 2.62. The van der Waals surface area contributed by atoms with E-state index >= 15 is 0 Å². The molecule has 2 aromatic rings. The van der Waals surface area contributed by atoms with E-state index in [2.05, 4.69) is 9.97 Å². The molecule has 2 N–H and O–H groups in total. The van der Waals surface area contributed by atoms with Gasteiger partial charge in [0.05, 0.1) is 24.5 Å². The van der Waals surface area contributed by atoms with E-state index in [1.807, 2.05) is 4.90 Å². The first kappa shape index (κ1) is 16.5. The summed E-state index contributed by atoms with van der Waals surface area (Å²) in [4.78, 5) is 10.7. The second-order valence-electron chi connectivity index (χ2n) is 5.53. The standard InChI is InChI=1S/C16H17F3N4O/c1-10-21-14(11-2-4-12(5-3-11)16(17,18)19)13(20)15(22-10)23-6-8-24-9-7-23/h2-5H,6-9,20H2,1H3. The molecule has 1 saturated heterocycles. The van der Waals surface area contributed by atoms with Crippen molar-refractivity contribution >= 4 is 11.5 Å². The Hall–Kier alpha value is -2.35. The molecule has 128 valence electrons. The monoisotopic (exact) mass is 338 g/mol. The van der Waals surface area contributed by atoms with Crippen molar-refractivity contribution < 1.29 is 17.9 Å². The summed E-state index contributed by atoms with van der Waals surface area (Å²) in [6.45, 7) is 4.22. The molecule has 8 heteroatoms. The number of aryl methyl sites for hydroxylation is 1. The predicted molar refractivity (Wildman–Crippen MR) is 84.7 cm³/mol. The highest BCUT2D eigenvalue weighted by atomic mass is 19.4. The minimum atomic E-state index is -4.37. The van der Waals surface area contributed by atoms with E-state index in [9.17, 15) is 13.2 Å². The Bertz CT molecular complexity index is 725. The first-order valence-corrected chi connectivity index (χ1v) is 7.50. The number of ether oxygens (including phenoxy) is 1. The molecule has 1 fully saturated rings. The number of halogens is 3. The van der Waals surface area contributed by atoms with E-state index in [-0.39, 0.29) is 0 Å². The fraction of sp³-hybridized carbons (Fsp3) is 0.375. The van der Waals surface area contributed by atoms with Gasteiger partial charge in [0.2, 0.25) is 0 Å². The van der Waals surface area contributed by atoms with Crippen LogP contribution in [0.2, 0.25) is 0 Å². The molecule has 0 spiro atoms. The van der Waals surface area contributed by atoms with Crippen LogP contribution in [0.15, 0.2) is 24.3 Å². The van der Waals surface area contributed by atoms with Gasteiger partial charge in [-0.3, -0.25) is 0 Å². The summed E-state index contributed by atoms with van der Waals surface area (Å²) in [5.74, 6) is 1.11. The normalized spacial score (nSPS) is 15.6. The van der Waals surface area contributed by atoms with Crippen LogP contribution in [0, 0.1) is 6.92 Å². The predicted octanol–water partition coefficient (Wildman–Crippen LogP) is 2.89. The van der Waals surface area contributed by atoms with Crippen molar-refractivity contribution in [3.05, 3.63) is 35.7 Å². The lowest BCUT2D eigenvalue weighted by atomic mass is 10.1. The maximum absolute atomic E-state index is 12.7. The average molecular weight is 338 g/mol. The summed E-state index contributed by atoms with van der Waals surface area (Å²) in [6.07, 6.45) is -4.37. The van der Waals surface area contributed by atoms with Crippen LogP contribution in [0.1, 0.15) is 11.4 Å². The summed E-state index contributed by atoms with van der Waals surface area (Å²) in [7, 11) is 0. The SMILES string of the molecule is Cc1nc(-c2ccc(C(F)(F)F)cc2)c(N)c(N2CCOCC2)n1. The van der Waals surface area contributed by atoms with Gasteiger partial charge in [-0.1, -0.05) is 12.1 Å². The number of aromatic nitrogens is 2. The lowest BCUT2D eigenvalue weighted by molar-refractivity contribution is -0.137. The zero-order chi connectivity index (χ0) is 17.3. The summed E-state index contributed by atoms with van der Waals surface area (Å²) in [5, 5.41) is 0. The zero-order valence-electron chi connectivity index (χ0n) is 13.1. The van der Waals surface area contributed by atoms with Crippen LogP contribution < -0.4 is 10.6 Å². The summed E-state index contributed by atoms with van der Waals surface area (Å²) >= 11 is 0. The zero-order valence-corrected chi connectivity index (χ0v) is 13.1. The molecule has 0 unspecified atom stereocenters. The third-order valence-corrected chi connectivity index (χ3v) is 3.83. The van der Waals surface area contributed by atoms with E-state index < -0.39 is 11.7 Å². The van der Waals surface area contributed by atoms with Gasteiger partial charge in [0.1, 0.15) is 11.5 Å². The highest BCUT2D eigenvalue weighted by Gasteiger charge is 2.30. The molecule has 0 aliphatic carbocycles. The molecular formula is C16H17F3N4O. The molecule has 0 atom stereocenters. The molecule has 0 amide bonds. The smallest absolute Gasteiger partial charge is 0.394 e. The molecule has 1 aromatic carbocycles. The van der Waals surface area contributed by atoms with Crippen molar-refractivity contribution in [3.63, 3.8) is 0 Å². The topological polar surface area (TPSA) is 64.3 Å². The lowest BCUT2D eigenvalue weighted by Gasteiger charge is -2.29. The van der Waals surface area contributed by atoms with Gasteiger partial charge in [-0.2, -0.15) is 13.2 Å². The minimum Gasteiger partial charge on any atom is -0.394 e. The molecule has 0 bridgehead atoms. The van der Waals surface area contributed by atoms with Crippen molar-refractivity contribution in [2.45, 2.75) is 13.1 Å². The Morgan fingerprint density at radius 1 is 1.08 bits per heavy atom. The van der Waals surface area contributed by atoms with Crippen molar-refractivity contribution in [1.29, 1.82) is 0 Å². The molecule has 0 saturated carbocycles.